The predicted octanol–water partition coefficient (Wildman–Crippen LogP) is 4.67. The molecule has 0 aromatic carbocycles. The molecule has 0 spiro atoms. The van der Waals surface area contributed by atoms with E-state index in [0.717, 1.165) is 28.4 Å². The van der Waals surface area contributed by atoms with E-state index in [-0.39, 0.29) is 23.7 Å². The van der Waals surface area contributed by atoms with Crippen molar-refractivity contribution in [3.05, 3.63) is 40.6 Å². The third-order valence-corrected chi connectivity index (χ3v) is 6.67. The summed E-state index contributed by atoms with van der Waals surface area (Å²) in [7, 11) is 0. The molecule has 0 bridgehead atoms. The molecule has 2 aliphatic carbocycles. The molecule has 2 heterocycles. The molecule has 5 nitrogen and oxygen atoms in total. The van der Waals surface area contributed by atoms with E-state index in [1.54, 1.807) is 0 Å². The summed E-state index contributed by atoms with van der Waals surface area (Å²) in [6.07, 6.45) is 5.61. The van der Waals surface area contributed by atoms with Gasteiger partial charge in [-0.3, -0.25) is 9.59 Å². The second kappa shape index (κ2) is 6.86. The standard InChI is InChI=1S/C23H29BrN2O3/c1-22(2,3)29-21(28)13-8-17-18(9-13)19(17)20(27)25-23(4,5)14-10-16-7-6-15(24)12-26(16)11-14/h6-7,10-13,17-19H,8-9H2,1-5H3,(H,25,27)/t13?,17-,18+,19+. The molecule has 1 amide bonds. The second-order valence-corrected chi connectivity index (χ2v) is 11.0. The van der Waals surface area contributed by atoms with E-state index in [0.29, 0.717) is 11.8 Å². The summed E-state index contributed by atoms with van der Waals surface area (Å²) < 4.78 is 8.59. The van der Waals surface area contributed by atoms with Gasteiger partial charge in [0, 0.05) is 28.3 Å². The Morgan fingerprint density at radius 2 is 1.76 bits per heavy atom. The molecule has 6 heteroatoms. The minimum Gasteiger partial charge on any atom is -0.460 e. The molecule has 0 aliphatic heterocycles. The van der Waals surface area contributed by atoms with Crippen LogP contribution in [0.25, 0.3) is 5.52 Å². The van der Waals surface area contributed by atoms with Gasteiger partial charge >= 0.3 is 5.97 Å². The van der Waals surface area contributed by atoms with E-state index >= 15 is 0 Å². The number of nitrogens with zero attached hydrogens (tertiary/aromatic N) is 1. The van der Waals surface area contributed by atoms with Crippen LogP contribution in [0.1, 0.15) is 53.0 Å². The highest BCUT2D eigenvalue weighted by atomic mass is 79.9. The highest BCUT2D eigenvalue weighted by Gasteiger charge is 2.61. The van der Waals surface area contributed by atoms with Gasteiger partial charge in [0.15, 0.2) is 0 Å². The molecule has 0 radical (unpaired) electrons. The number of hydrogen-bond acceptors (Lipinski definition) is 3. The van der Waals surface area contributed by atoms with Crippen LogP contribution in [0.4, 0.5) is 0 Å². The van der Waals surface area contributed by atoms with E-state index in [4.69, 9.17) is 4.74 Å². The van der Waals surface area contributed by atoms with Gasteiger partial charge in [0.1, 0.15) is 5.60 Å². The maximum Gasteiger partial charge on any atom is 0.309 e. The predicted molar refractivity (Wildman–Crippen MR) is 115 cm³/mol. The van der Waals surface area contributed by atoms with Gasteiger partial charge in [0.05, 0.1) is 11.5 Å². The van der Waals surface area contributed by atoms with Gasteiger partial charge in [-0.25, -0.2) is 0 Å². The number of fused-ring (bicyclic) bond motifs is 2. The van der Waals surface area contributed by atoms with Crippen LogP contribution in [0.5, 0.6) is 0 Å². The summed E-state index contributed by atoms with van der Waals surface area (Å²) >= 11 is 3.49. The van der Waals surface area contributed by atoms with Crippen LogP contribution < -0.4 is 5.32 Å². The van der Waals surface area contributed by atoms with Crippen LogP contribution in [0.3, 0.4) is 0 Å². The van der Waals surface area contributed by atoms with Crippen LogP contribution in [0.2, 0.25) is 0 Å². The van der Waals surface area contributed by atoms with Crippen molar-refractivity contribution in [1.82, 2.24) is 9.72 Å². The minimum absolute atomic E-state index is 0.0270. The van der Waals surface area contributed by atoms with Gasteiger partial charge in [-0.2, -0.15) is 0 Å². The Labute approximate surface area is 180 Å². The zero-order valence-corrected chi connectivity index (χ0v) is 19.2. The summed E-state index contributed by atoms with van der Waals surface area (Å²) in [6.45, 7) is 9.75. The quantitative estimate of drug-likeness (QED) is 0.674. The molecule has 0 saturated heterocycles. The van der Waals surface area contributed by atoms with Crippen LogP contribution in [-0.4, -0.2) is 21.9 Å². The van der Waals surface area contributed by atoms with Crippen LogP contribution in [-0.2, 0) is 19.9 Å². The van der Waals surface area contributed by atoms with E-state index in [2.05, 4.69) is 37.9 Å². The first kappa shape index (κ1) is 20.5. The largest absolute Gasteiger partial charge is 0.460 e. The SMILES string of the molecule is CC(C)(C)OC(=O)C1C[C@@H]2[C@H](C1)[C@H]2C(=O)NC(C)(C)c1cc2ccc(Br)cn2c1. The fourth-order valence-corrected chi connectivity index (χ4v) is 5.05. The first-order valence-corrected chi connectivity index (χ1v) is 11.1. The van der Waals surface area contributed by atoms with Crippen molar-refractivity contribution in [2.75, 3.05) is 0 Å². The van der Waals surface area contributed by atoms with Gasteiger partial charge < -0.3 is 14.5 Å². The molecular weight excluding hydrogens is 432 g/mol. The van der Waals surface area contributed by atoms with Crippen molar-refractivity contribution < 1.29 is 14.3 Å². The van der Waals surface area contributed by atoms with Crippen LogP contribution in [0.15, 0.2) is 35.1 Å². The number of hydrogen-bond donors (Lipinski definition) is 1. The lowest BCUT2D eigenvalue weighted by Crippen LogP contribution is -2.42. The maximum absolute atomic E-state index is 12.9. The van der Waals surface area contributed by atoms with Gasteiger partial charge in [-0.05, 0) is 99.0 Å². The first-order chi connectivity index (χ1) is 13.4. The molecule has 4 atom stereocenters. The fraction of sp³-hybridized carbons (Fsp3) is 0.565. The summed E-state index contributed by atoms with van der Waals surface area (Å²) in [5, 5.41) is 3.24. The van der Waals surface area contributed by atoms with Crippen LogP contribution >= 0.6 is 15.9 Å². The molecular formula is C23H29BrN2O3. The Morgan fingerprint density at radius 1 is 1.10 bits per heavy atom. The van der Waals surface area contributed by atoms with Gasteiger partial charge in [-0.15, -0.1) is 0 Å². The lowest BCUT2D eigenvalue weighted by Gasteiger charge is -2.26. The van der Waals surface area contributed by atoms with E-state index in [1.807, 2.05) is 52.9 Å². The third kappa shape index (κ3) is 4.09. The average molecular weight is 461 g/mol. The monoisotopic (exact) mass is 460 g/mol. The fourth-order valence-electron chi connectivity index (χ4n) is 4.70. The van der Waals surface area contributed by atoms with Crippen molar-refractivity contribution in [1.29, 1.82) is 0 Å². The van der Waals surface area contributed by atoms with E-state index in [1.165, 1.54) is 0 Å². The molecule has 4 rings (SSSR count). The topological polar surface area (TPSA) is 59.8 Å². The summed E-state index contributed by atoms with van der Waals surface area (Å²) in [4.78, 5) is 25.2. The number of carbonyl (C=O) groups is 2. The number of aromatic nitrogens is 1. The third-order valence-electron chi connectivity index (χ3n) is 6.20. The normalized spacial score (nSPS) is 26.3. The molecule has 2 aliphatic rings. The maximum atomic E-state index is 12.9. The number of rotatable bonds is 4. The molecule has 1 N–H and O–H groups in total. The van der Waals surface area contributed by atoms with Crippen molar-refractivity contribution in [3.63, 3.8) is 0 Å². The number of pyridine rings is 1. The smallest absolute Gasteiger partial charge is 0.309 e. The zero-order valence-electron chi connectivity index (χ0n) is 17.7. The van der Waals surface area contributed by atoms with Gasteiger partial charge in [0.25, 0.3) is 0 Å². The van der Waals surface area contributed by atoms with Crippen LogP contribution in [0, 0.1) is 23.7 Å². The highest BCUT2D eigenvalue weighted by molar-refractivity contribution is 9.10. The lowest BCUT2D eigenvalue weighted by atomic mass is 9.95. The number of halogens is 1. The number of esters is 1. The number of carbonyl (C=O) groups excluding carboxylic acids is 2. The first-order valence-electron chi connectivity index (χ1n) is 10.3. The Balaban J connectivity index is 1.37. The molecule has 2 saturated carbocycles. The minimum atomic E-state index is -0.461. The molecule has 2 aromatic rings. The summed E-state index contributed by atoms with van der Waals surface area (Å²) in [6, 6.07) is 6.17. The Kier molecular flexibility index (Phi) is 4.84. The van der Waals surface area contributed by atoms with Gasteiger partial charge in [-0.1, -0.05) is 0 Å². The summed E-state index contributed by atoms with van der Waals surface area (Å²) in [5.41, 5.74) is 1.24. The Hall–Kier alpha value is -1.82. The number of amides is 1. The molecule has 2 fully saturated rings. The number of ether oxygens (including phenoxy) is 1. The van der Waals surface area contributed by atoms with Gasteiger partial charge in [0.2, 0.25) is 5.91 Å². The summed E-state index contributed by atoms with van der Waals surface area (Å²) in [5.74, 6) is 0.579. The van der Waals surface area contributed by atoms with Crippen molar-refractivity contribution in [2.45, 2.75) is 58.6 Å². The molecule has 156 valence electrons. The second-order valence-electron chi connectivity index (χ2n) is 10.1. The van der Waals surface area contributed by atoms with E-state index < -0.39 is 11.1 Å². The van der Waals surface area contributed by atoms with Crippen molar-refractivity contribution in [2.24, 2.45) is 23.7 Å². The van der Waals surface area contributed by atoms with E-state index in [9.17, 15) is 9.59 Å². The Bertz CT molecular complexity index is 960. The lowest BCUT2D eigenvalue weighted by molar-refractivity contribution is -0.160. The van der Waals surface area contributed by atoms with Crippen molar-refractivity contribution in [3.8, 4) is 0 Å². The molecule has 1 unspecified atom stereocenters. The molecule has 2 aromatic heterocycles. The molecule has 29 heavy (non-hydrogen) atoms. The van der Waals surface area contributed by atoms with Crippen molar-refractivity contribution >= 4 is 33.3 Å². The Morgan fingerprint density at radius 3 is 2.38 bits per heavy atom. The highest BCUT2D eigenvalue weighted by Crippen LogP contribution is 2.60. The average Bonchev–Trinajstić information content (AvgIpc) is 2.94. The zero-order chi connectivity index (χ0) is 21.1. The number of nitrogens with one attached hydrogen (secondary N) is 1.